The van der Waals surface area contributed by atoms with E-state index in [1.165, 1.54) is 0 Å². The molecule has 1 aliphatic heterocycles. The van der Waals surface area contributed by atoms with E-state index in [0.717, 1.165) is 15.9 Å². The highest BCUT2D eigenvalue weighted by Crippen LogP contribution is 2.24. The second-order valence-corrected chi connectivity index (χ2v) is 4.86. The van der Waals surface area contributed by atoms with Gasteiger partial charge < -0.3 is 10.5 Å². The monoisotopic (exact) mass is 282 g/mol. The molecule has 1 saturated heterocycles. The van der Waals surface area contributed by atoms with Crippen molar-refractivity contribution in [2.45, 2.75) is 12.0 Å². The summed E-state index contributed by atoms with van der Waals surface area (Å²) in [4.78, 5) is 0. The van der Waals surface area contributed by atoms with Gasteiger partial charge in [-0.15, -0.1) is 10.2 Å². The highest BCUT2D eigenvalue weighted by molar-refractivity contribution is 9.10. The average Bonchev–Trinajstić information content (AvgIpc) is 2.83. The van der Waals surface area contributed by atoms with Gasteiger partial charge in [-0.1, -0.05) is 0 Å². The molecule has 0 aromatic carbocycles. The van der Waals surface area contributed by atoms with Crippen molar-refractivity contribution in [2.24, 2.45) is 5.73 Å². The van der Waals surface area contributed by atoms with Crippen LogP contribution in [0.2, 0.25) is 0 Å². The van der Waals surface area contributed by atoms with Crippen molar-refractivity contribution in [1.29, 1.82) is 0 Å². The molecule has 3 rings (SSSR count). The van der Waals surface area contributed by atoms with Crippen LogP contribution in [0.15, 0.2) is 22.8 Å². The molecule has 16 heavy (non-hydrogen) atoms. The molecular formula is C10H11BrN4O. The van der Waals surface area contributed by atoms with Crippen LogP contribution in [0.4, 0.5) is 0 Å². The fourth-order valence-electron chi connectivity index (χ4n) is 1.97. The Morgan fingerprint density at radius 3 is 3.00 bits per heavy atom. The summed E-state index contributed by atoms with van der Waals surface area (Å²) in [5.41, 5.74) is 6.81. The van der Waals surface area contributed by atoms with Crippen molar-refractivity contribution in [1.82, 2.24) is 14.6 Å². The van der Waals surface area contributed by atoms with Crippen molar-refractivity contribution in [3.05, 3.63) is 28.6 Å². The van der Waals surface area contributed by atoms with E-state index in [-0.39, 0.29) is 12.0 Å². The smallest absolute Gasteiger partial charge is 0.160 e. The first kappa shape index (κ1) is 10.2. The zero-order chi connectivity index (χ0) is 11.1. The first-order valence-corrected chi connectivity index (χ1v) is 5.88. The molecular weight excluding hydrogens is 272 g/mol. The zero-order valence-electron chi connectivity index (χ0n) is 8.51. The van der Waals surface area contributed by atoms with E-state index >= 15 is 0 Å². The van der Waals surface area contributed by atoms with Gasteiger partial charge in [0.1, 0.15) is 5.82 Å². The molecule has 0 saturated carbocycles. The van der Waals surface area contributed by atoms with E-state index in [1.807, 2.05) is 22.7 Å². The fourth-order valence-corrected chi connectivity index (χ4v) is 2.31. The second kappa shape index (κ2) is 3.80. The summed E-state index contributed by atoms with van der Waals surface area (Å²) in [6, 6.07) is 3.87. The maximum absolute atomic E-state index is 5.98. The van der Waals surface area contributed by atoms with E-state index in [2.05, 4.69) is 26.1 Å². The lowest BCUT2D eigenvalue weighted by molar-refractivity contribution is 0.190. The molecule has 2 atom stereocenters. The van der Waals surface area contributed by atoms with Gasteiger partial charge in [0.05, 0.1) is 19.1 Å². The number of pyridine rings is 1. The SMILES string of the molecule is NC1COCC1c1nnc2ccc(Br)cn12. The predicted octanol–water partition coefficient (Wildman–Crippen LogP) is 0.933. The Labute approximate surface area is 101 Å². The van der Waals surface area contributed by atoms with E-state index < -0.39 is 0 Å². The first-order valence-electron chi connectivity index (χ1n) is 5.09. The molecule has 2 aromatic heterocycles. The van der Waals surface area contributed by atoms with Crippen LogP contribution in [0.3, 0.4) is 0 Å². The molecule has 1 aliphatic rings. The van der Waals surface area contributed by atoms with Gasteiger partial charge >= 0.3 is 0 Å². The summed E-state index contributed by atoms with van der Waals surface area (Å²) < 4.78 is 8.31. The number of rotatable bonds is 1. The summed E-state index contributed by atoms with van der Waals surface area (Å²) in [6.07, 6.45) is 1.95. The highest BCUT2D eigenvalue weighted by Gasteiger charge is 2.30. The number of halogens is 1. The molecule has 2 N–H and O–H groups in total. The average molecular weight is 283 g/mol. The number of hydrogen-bond donors (Lipinski definition) is 1. The summed E-state index contributed by atoms with van der Waals surface area (Å²) in [7, 11) is 0. The highest BCUT2D eigenvalue weighted by atomic mass is 79.9. The quantitative estimate of drug-likeness (QED) is 0.845. The van der Waals surface area contributed by atoms with Crippen LogP contribution in [0.5, 0.6) is 0 Å². The molecule has 2 aromatic rings. The van der Waals surface area contributed by atoms with Gasteiger partial charge in [0.2, 0.25) is 0 Å². The molecule has 0 spiro atoms. The van der Waals surface area contributed by atoms with Crippen molar-refractivity contribution in [2.75, 3.05) is 13.2 Å². The first-order chi connectivity index (χ1) is 7.75. The second-order valence-electron chi connectivity index (χ2n) is 3.94. The van der Waals surface area contributed by atoms with E-state index in [4.69, 9.17) is 10.5 Å². The third kappa shape index (κ3) is 1.53. The van der Waals surface area contributed by atoms with Crippen LogP contribution in [-0.2, 0) is 4.74 Å². The van der Waals surface area contributed by atoms with Crippen molar-refractivity contribution >= 4 is 21.6 Å². The number of fused-ring (bicyclic) bond motifs is 1. The molecule has 0 bridgehead atoms. The third-order valence-electron chi connectivity index (χ3n) is 2.85. The predicted molar refractivity (Wildman–Crippen MR) is 62.2 cm³/mol. The largest absolute Gasteiger partial charge is 0.379 e. The molecule has 0 aliphatic carbocycles. The Balaban J connectivity index is 2.12. The summed E-state index contributed by atoms with van der Waals surface area (Å²) in [5.74, 6) is 1.01. The molecule has 2 unspecified atom stereocenters. The Morgan fingerprint density at radius 2 is 2.25 bits per heavy atom. The Bertz CT molecular complexity index is 527. The van der Waals surface area contributed by atoms with Crippen molar-refractivity contribution < 1.29 is 4.74 Å². The summed E-state index contributed by atoms with van der Waals surface area (Å²) in [6.45, 7) is 1.21. The summed E-state index contributed by atoms with van der Waals surface area (Å²) >= 11 is 3.44. The van der Waals surface area contributed by atoms with Crippen LogP contribution in [0.25, 0.3) is 5.65 Å². The normalized spacial score (nSPS) is 25.4. The van der Waals surface area contributed by atoms with Gasteiger partial charge in [-0.05, 0) is 28.1 Å². The number of nitrogens with two attached hydrogens (primary N) is 1. The Kier molecular flexibility index (Phi) is 2.42. The molecule has 3 heterocycles. The van der Waals surface area contributed by atoms with Crippen LogP contribution < -0.4 is 5.73 Å². The fraction of sp³-hybridized carbons (Fsp3) is 0.400. The molecule has 0 amide bonds. The van der Waals surface area contributed by atoms with Crippen LogP contribution in [-0.4, -0.2) is 33.9 Å². The van der Waals surface area contributed by atoms with E-state index in [9.17, 15) is 0 Å². The molecule has 6 heteroatoms. The minimum atomic E-state index is 0.00591. The minimum absolute atomic E-state index is 0.00591. The van der Waals surface area contributed by atoms with Crippen LogP contribution >= 0.6 is 15.9 Å². The van der Waals surface area contributed by atoms with Gasteiger partial charge in [0.25, 0.3) is 0 Å². The van der Waals surface area contributed by atoms with Crippen molar-refractivity contribution in [3.63, 3.8) is 0 Å². The molecule has 1 fully saturated rings. The maximum Gasteiger partial charge on any atom is 0.160 e. The Morgan fingerprint density at radius 1 is 1.38 bits per heavy atom. The van der Waals surface area contributed by atoms with Gasteiger partial charge in [-0.2, -0.15) is 0 Å². The Hall–Kier alpha value is -0.980. The number of nitrogens with zero attached hydrogens (tertiary/aromatic N) is 3. The lowest BCUT2D eigenvalue weighted by Gasteiger charge is -2.10. The standard InChI is InChI=1S/C10H11BrN4O/c11-6-1-2-9-13-14-10(15(9)3-6)7-4-16-5-8(7)12/h1-3,7-8H,4-5,12H2. The van der Waals surface area contributed by atoms with Crippen LogP contribution in [0.1, 0.15) is 11.7 Å². The lowest BCUT2D eigenvalue weighted by atomic mass is 10.0. The zero-order valence-corrected chi connectivity index (χ0v) is 10.1. The van der Waals surface area contributed by atoms with Gasteiger partial charge in [0.15, 0.2) is 5.65 Å². The molecule has 84 valence electrons. The summed E-state index contributed by atoms with van der Waals surface area (Å²) in [5, 5.41) is 8.32. The number of hydrogen-bond acceptors (Lipinski definition) is 4. The molecule has 5 nitrogen and oxygen atoms in total. The minimum Gasteiger partial charge on any atom is -0.379 e. The molecule has 0 radical (unpaired) electrons. The van der Waals surface area contributed by atoms with Gasteiger partial charge in [-0.25, -0.2) is 0 Å². The maximum atomic E-state index is 5.98. The number of ether oxygens (including phenoxy) is 1. The van der Waals surface area contributed by atoms with Crippen LogP contribution in [0, 0.1) is 0 Å². The van der Waals surface area contributed by atoms with Gasteiger partial charge in [0, 0.05) is 16.7 Å². The topological polar surface area (TPSA) is 65.4 Å². The lowest BCUT2D eigenvalue weighted by Crippen LogP contribution is -2.28. The number of aromatic nitrogens is 3. The van der Waals surface area contributed by atoms with Gasteiger partial charge in [-0.3, -0.25) is 4.40 Å². The third-order valence-corrected chi connectivity index (χ3v) is 3.32. The van der Waals surface area contributed by atoms with Crippen molar-refractivity contribution in [3.8, 4) is 0 Å². The van der Waals surface area contributed by atoms with E-state index in [0.29, 0.717) is 13.2 Å². The van der Waals surface area contributed by atoms with E-state index in [1.54, 1.807) is 0 Å².